The zero-order valence-corrected chi connectivity index (χ0v) is 10.5. The molecule has 0 atom stereocenters. The Morgan fingerprint density at radius 1 is 1.40 bits per heavy atom. The molecule has 0 aliphatic heterocycles. The van der Waals surface area contributed by atoms with Gasteiger partial charge < -0.3 is 10.9 Å². The van der Waals surface area contributed by atoms with Crippen molar-refractivity contribution in [2.24, 2.45) is 10.9 Å². The van der Waals surface area contributed by atoms with Crippen LogP contribution in [0.2, 0.25) is 5.02 Å². The van der Waals surface area contributed by atoms with Gasteiger partial charge in [-0.05, 0) is 18.2 Å². The number of nitrogens with zero attached hydrogens (tertiary/aromatic N) is 3. The highest BCUT2D eigenvalue weighted by atomic mass is 35.5. The molecular weight excluding hydrogens is 297 g/mol. The highest BCUT2D eigenvalue weighted by Crippen LogP contribution is 2.30. The maximum absolute atomic E-state index is 12.5. The van der Waals surface area contributed by atoms with Gasteiger partial charge in [0.25, 0.3) is 0 Å². The number of halogens is 4. The average Bonchev–Trinajstić information content (AvgIpc) is 2.87. The van der Waals surface area contributed by atoms with Crippen molar-refractivity contribution in [1.82, 2.24) is 9.78 Å². The summed E-state index contributed by atoms with van der Waals surface area (Å²) in [5, 5.41) is 15.1. The number of amidine groups is 1. The third kappa shape index (κ3) is 2.69. The van der Waals surface area contributed by atoms with Crippen molar-refractivity contribution < 1.29 is 18.4 Å². The van der Waals surface area contributed by atoms with Gasteiger partial charge in [0.2, 0.25) is 0 Å². The predicted octanol–water partition coefficient (Wildman–Crippen LogP) is 2.64. The molecule has 20 heavy (non-hydrogen) atoms. The first-order chi connectivity index (χ1) is 9.32. The van der Waals surface area contributed by atoms with Gasteiger partial charge >= 0.3 is 6.18 Å². The SMILES string of the molecule is NC(=NO)c1ccc(-n2cc(C(F)(F)F)cn2)c(Cl)c1. The molecule has 1 aromatic heterocycles. The molecule has 3 N–H and O–H groups in total. The van der Waals surface area contributed by atoms with Gasteiger partial charge in [0.05, 0.1) is 22.5 Å². The number of oxime groups is 1. The Kier molecular flexibility index (Phi) is 3.58. The fourth-order valence-corrected chi connectivity index (χ4v) is 1.78. The Balaban J connectivity index is 2.41. The first-order valence-electron chi connectivity index (χ1n) is 5.22. The minimum atomic E-state index is -4.47. The van der Waals surface area contributed by atoms with Crippen LogP contribution in [0.3, 0.4) is 0 Å². The molecule has 5 nitrogen and oxygen atoms in total. The number of hydrogen-bond acceptors (Lipinski definition) is 3. The van der Waals surface area contributed by atoms with Gasteiger partial charge in [0.1, 0.15) is 0 Å². The number of benzene rings is 1. The molecular formula is C11H8ClF3N4O. The summed E-state index contributed by atoms with van der Waals surface area (Å²) in [5.74, 6) is -0.158. The molecule has 1 aromatic carbocycles. The summed E-state index contributed by atoms with van der Waals surface area (Å²) in [7, 11) is 0. The van der Waals surface area contributed by atoms with Crippen molar-refractivity contribution in [1.29, 1.82) is 0 Å². The van der Waals surface area contributed by atoms with E-state index in [0.717, 1.165) is 10.9 Å². The first-order valence-corrected chi connectivity index (χ1v) is 5.60. The maximum atomic E-state index is 12.5. The van der Waals surface area contributed by atoms with Crippen molar-refractivity contribution >= 4 is 17.4 Å². The second-order valence-corrected chi connectivity index (χ2v) is 4.23. The summed E-state index contributed by atoms with van der Waals surface area (Å²) in [6.07, 6.45) is -2.95. The Bertz CT molecular complexity index is 666. The molecule has 0 spiro atoms. The number of nitrogens with two attached hydrogens (primary N) is 1. The average molecular weight is 305 g/mol. The van der Waals surface area contributed by atoms with E-state index in [-0.39, 0.29) is 16.5 Å². The molecule has 0 aliphatic carbocycles. The lowest BCUT2D eigenvalue weighted by molar-refractivity contribution is -0.137. The maximum Gasteiger partial charge on any atom is 0.419 e. The van der Waals surface area contributed by atoms with Crippen LogP contribution in [0.25, 0.3) is 5.69 Å². The van der Waals surface area contributed by atoms with Gasteiger partial charge in [0, 0.05) is 11.8 Å². The topological polar surface area (TPSA) is 76.4 Å². The standard InChI is InChI=1S/C11H8ClF3N4O/c12-8-3-6(10(16)18-20)1-2-9(8)19-5-7(4-17-19)11(13,14)15/h1-5,20H,(H2,16,18). The van der Waals surface area contributed by atoms with Crippen LogP contribution in [0.5, 0.6) is 0 Å². The predicted molar refractivity (Wildman–Crippen MR) is 66.1 cm³/mol. The van der Waals surface area contributed by atoms with E-state index in [4.69, 9.17) is 22.5 Å². The summed E-state index contributed by atoms with van der Waals surface area (Å²) in [5.41, 5.74) is 5.09. The van der Waals surface area contributed by atoms with Gasteiger partial charge in [-0.1, -0.05) is 16.8 Å². The second-order valence-electron chi connectivity index (χ2n) is 3.82. The third-order valence-corrected chi connectivity index (χ3v) is 2.81. The molecule has 106 valence electrons. The van der Waals surface area contributed by atoms with Crippen LogP contribution in [0.1, 0.15) is 11.1 Å². The van der Waals surface area contributed by atoms with Crippen molar-refractivity contribution in [3.05, 3.63) is 46.7 Å². The number of hydrogen-bond donors (Lipinski definition) is 2. The minimum Gasteiger partial charge on any atom is -0.409 e. The minimum absolute atomic E-state index is 0.117. The van der Waals surface area contributed by atoms with E-state index in [1.54, 1.807) is 0 Å². The van der Waals surface area contributed by atoms with E-state index in [0.29, 0.717) is 11.8 Å². The number of alkyl halides is 3. The second kappa shape index (κ2) is 5.04. The lowest BCUT2D eigenvalue weighted by atomic mass is 10.2. The van der Waals surface area contributed by atoms with Crippen molar-refractivity contribution in [3.63, 3.8) is 0 Å². The van der Waals surface area contributed by atoms with E-state index < -0.39 is 11.7 Å². The lowest BCUT2D eigenvalue weighted by Gasteiger charge is -2.06. The van der Waals surface area contributed by atoms with E-state index in [9.17, 15) is 13.2 Å². The van der Waals surface area contributed by atoms with Gasteiger partial charge in [-0.25, -0.2) is 4.68 Å². The molecule has 0 amide bonds. The lowest BCUT2D eigenvalue weighted by Crippen LogP contribution is -2.13. The van der Waals surface area contributed by atoms with Gasteiger partial charge in [0.15, 0.2) is 5.84 Å². The Morgan fingerprint density at radius 3 is 2.60 bits per heavy atom. The molecule has 0 saturated heterocycles. The van der Waals surface area contributed by atoms with Crippen LogP contribution < -0.4 is 5.73 Å². The molecule has 0 unspecified atom stereocenters. The Hall–Kier alpha value is -2.22. The summed E-state index contributed by atoms with van der Waals surface area (Å²) >= 11 is 5.95. The van der Waals surface area contributed by atoms with Crippen LogP contribution >= 0.6 is 11.6 Å². The smallest absolute Gasteiger partial charge is 0.409 e. The van der Waals surface area contributed by atoms with Gasteiger partial charge in [-0.2, -0.15) is 18.3 Å². The highest BCUT2D eigenvalue weighted by Gasteiger charge is 2.32. The van der Waals surface area contributed by atoms with E-state index in [2.05, 4.69) is 10.3 Å². The summed E-state index contributed by atoms with van der Waals surface area (Å²) in [4.78, 5) is 0. The van der Waals surface area contributed by atoms with Crippen LogP contribution in [0.15, 0.2) is 35.7 Å². The van der Waals surface area contributed by atoms with Crippen molar-refractivity contribution in [2.45, 2.75) is 6.18 Å². The zero-order valence-electron chi connectivity index (χ0n) is 9.76. The molecule has 2 aromatic rings. The molecule has 0 saturated carbocycles. The molecule has 2 rings (SSSR count). The van der Waals surface area contributed by atoms with Crippen molar-refractivity contribution in [3.8, 4) is 5.69 Å². The van der Waals surface area contributed by atoms with E-state index in [1.165, 1.54) is 18.2 Å². The third-order valence-electron chi connectivity index (χ3n) is 2.51. The Morgan fingerprint density at radius 2 is 2.10 bits per heavy atom. The van der Waals surface area contributed by atoms with E-state index >= 15 is 0 Å². The molecule has 0 bridgehead atoms. The fraction of sp³-hybridized carbons (Fsp3) is 0.0909. The molecule has 1 heterocycles. The number of aromatic nitrogens is 2. The monoisotopic (exact) mass is 304 g/mol. The fourth-order valence-electron chi connectivity index (χ4n) is 1.51. The Labute approximate surface area is 116 Å². The van der Waals surface area contributed by atoms with Crippen LogP contribution in [-0.2, 0) is 6.18 Å². The van der Waals surface area contributed by atoms with Crippen LogP contribution in [0, 0.1) is 0 Å². The van der Waals surface area contributed by atoms with Crippen molar-refractivity contribution in [2.75, 3.05) is 0 Å². The normalized spacial score (nSPS) is 12.7. The first kappa shape index (κ1) is 14.2. The molecule has 0 radical (unpaired) electrons. The summed E-state index contributed by atoms with van der Waals surface area (Å²) < 4.78 is 38.5. The molecule has 0 fully saturated rings. The molecule has 9 heteroatoms. The molecule has 0 aliphatic rings. The largest absolute Gasteiger partial charge is 0.419 e. The van der Waals surface area contributed by atoms with Gasteiger partial charge in [-0.3, -0.25) is 0 Å². The van der Waals surface area contributed by atoms with Crippen LogP contribution in [-0.4, -0.2) is 20.8 Å². The van der Waals surface area contributed by atoms with Gasteiger partial charge in [-0.15, -0.1) is 0 Å². The quantitative estimate of drug-likeness (QED) is 0.387. The number of rotatable bonds is 2. The van der Waals surface area contributed by atoms with E-state index in [1.807, 2.05) is 0 Å². The van der Waals surface area contributed by atoms with Crippen LogP contribution in [0.4, 0.5) is 13.2 Å². The summed E-state index contributed by atoms with van der Waals surface area (Å²) in [6.45, 7) is 0. The highest BCUT2D eigenvalue weighted by molar-refractivity contribution is 6.32. The summed E-state index contributed by atoms with van der Waals surface area (Å²) in [6, 6.07) is 4.23. The zero-order chi connectivity index (χ0) is 14.9.